The Labute approximate surface area is 209 Å². The van der Waals surface area contributed by atoms with E-state index in [4.69, 9.17) is 16.3 Å². The van der Waals surface area contributed by atoms with Crippen molar-refractivity contribution >= 4 is 17.6 Å². The zero-order valence-corrected chi connectivity index (χ0v) is 21.1. The van der Waals surface area contributed by atoms with Gasteiger partial charge in [-0.2, -0.15) is 0 Å². The molecule has 3 aromatic rings. The zero-order valence-electron chi connectivity index (χ0n) is 20.3. The van der Waals surface area contributed by atoms with E-state index in [2.05, 4.69) is 24.3 Å². The SMILES string of the molecule is CC(C)C(=O)OC(c1ccccc1)(c1ccc(C2CCCCCCC2)cc1)c1ccccc1Cl. The zero-order chi connectivity index (χ0) is 24.0. The number of benzene rings is 3. The van der Waals surface area contributed by atoms with Crippen LogP contribution in [0.25, 0.3) is 0 Å². The summed E-state index contributed by atoms with van der Waals surface area (Å²) >= 11 is 6.77. The number of carbonyl (C=O) groups excluding carboxylic acids is 1. The summed E-state index contributed by atoms with van der Waals surface area (Å²) in [6.45, 7) is 3.73. The molecule has 1 fully saturated rings. The Morgan fingerprint density at radius 3 is 1.97 bits per heavy atom. The van der Waals surface area contributed by atoms with Crippen LogP contribution in [0.5, 0.6) is 0 Å². The highest BCUT2D eigenvalue weighted by Gasteiger charge is 2.42. The standard InChI is InChI=1S/C31H35ClO2/c1-23(2)30(33)34-31(26-15-9-6-10-16-26,28-17-11-12-18-29(28)32)27-21-19-25(20-22-27)24-13-7-4-3-5-8-14-24/h6,9-12,15-24H,3-5,7-8,13-14H2,1-2H3. The maximum atomic E-state index is 13.1. The van der Waals surface area contributed by atoms with Gasteiger partial charge in [0.15, 0.2) is 5.60 Å². The number of carbonyl (C=O) groups is 1. The summed E-state index contributed by atoms with van der Waals surface area (Å²) in [5, 5.41) is 0.576. The van der Waals surface area contributed by atoms with E-state index >= 15 is 0 Å². The topological polar surface area (TPSA) is 26.3 Å². The first kappa shape index (κ1) is 24.5. The minimum atomic E-state index is -1.12. The van der Waals surface area contributed by atoms with Crippen LogP contribution in [0.4, 0.5) is 0 Å². The molecular formula is C31H35ClO2. The third kappa shape index (κ3) is 5.23. The molecule has 1 atom stereocenters. The average molecular weight is 475 g/mol. The van der Waals surface area contributed by atoms with E-state index in [1.165, 1.54) is 50.5 Å². The molecule has 0 aromatic heterocycles. The number of hydrogen-bond donors (Lipinski definition) is 0. The summed E-state index contributed by atoms with van der Waals surface area (Å²) in [4.78, 5) is 13.1. The van der Waals surface area contributed by atoms with Gasteiger partial charge in [0.05, 0.1) is 5.92 Å². The van der Waals surface area contributed by atoms with Crippen molar-refractivity contribution in [1.82, 2.24) is 0 Å². The molecule has 178 valence electrons. The fourth-order valence-corrected chi connectivity index (χ4v) is 5.39. The molecule has 1 aliphatic carbocycles. The lowest BCUT2D eigenvalue weighted by molar-refractivity contribution is -0.157. The van der Waals surface area contributed by atoms with Gasteiger partial charge in [0.2, 0.25) is 0 Å². The second-order valence-electron chi connectivity index (χ2n) is 9.77. The number of rotatable bonds is 6. The lowest BCUT2D eigenvalue weighted by atomic mass is 9.78. The summed E-state index contributed by atoms with van der Waals surface area (Å²) in [6.07, 6.45) is 9.13. The Kier molecular flexibility index (Phi) is 8.11. The van der Waals surface area contributed by atoms with Crippen molar-refractivity contribution < 1.29 is 9.53 Å². The average Bonchev–Trinajstić information content (AvgIpc) is 2.83. The van der Waals surface area contributed by atoms with Crippen LogP contribution in [0.3, 0.4) is 0 Å². The molecule has 3 aromatic carbocycles. The van der Waals surface area contributed by atoms with Gasteiger partial charge >= 0.3 is 5.97 Å². The Hall–Kier alpha value is -2.58. The molecule has 0 bridgehead atoms. The molecule has 1 saturated carbocycles. The Balaban J connectivity index is 1.85. The maximum absolute atomic E-state index is 13.1. The quantitative estimate of drug-likeness (QED) is 0.264. The summed E-state index contributed by atoms with van der Waals surface area (Å²) in [5.74, 6) is 0.0756. The summed E-state index contributed by atoms with van der Waals surface area (Å²) < 4.78 is 6.44. The van der Waals surface area contributed by atoms with Gasteiger partial charge in [-0.15, -0.1) is 0 Å². The largest absolute Gasteiger partial charge is 0.444 e. The first-order valence-electron chi connectivity index (χ1n) is 12.7. The third-order valence-corrected chi connectivity index (χ3v) is 7.38. The van der Waals surface area contributed by atoms with Gasteiger partial charge in [-0.05, 0) is 30.4 Å². The second kappa shape index (κ2) is 11.2. The lowest BCUT2D eigenvalue weighted by Crippen LogP contribution is -2.37. The highest BCUT2D eigenvalue weighted by atomic mass is 35.5. The van der Waals surface area contributed by atoms with Gasteiger partial charge in [-0.25, -0.2) is 0 Å². The number of esters is 1. The van der Waals surface area contributed by atoms with Gasteiger partial charge in [-0.3, -0.25) is 4.79 Å². The smallest absolute Gasteiger partial charge is 0.309 e. The monoisotopic (exact) mass is 474 g/mol. The fraction of sp³-hybridized carbons (Fsp3) is 0.387. The predicted molar refractivity (Wildman–Crippen MR) is 140 cm³/mol. The van der Waals surface area contributed by atoms with E-state index in [1.807, 2.05) is 68.4 Å². The molecule has 0 radical (unpaired) electrons. The van der Waals surface area contributed by atoms with E-state index < -0.39 is 5.60 Å². The second-order valence-corrected chi connectivity index (χ2v) is 10.2. The van der Waals surface area contributed by atoms with Crippen molar-refractivity contribution in [2.45, 2.75) is 70.3 Å². The van der Waals surface area contributed by atoms with Crippen LogP contribution >= 0.6 is 11.6 Å². The third-order valence-electron chi connectivity index (χ3n) is 7.05. The molecule has 3 heteroatoms. The Bertz CT molecular complexity index is 1070. The van der Waals surface area contributed by atoms with Gasteiger partial charge in [0.25, 0.3) is 0 Å². The van der Waals surface area contributed by atoms with Gasteiger partial charge in [0.1, 0.15) is 0 Å². The van der Waals surface area contributed by atoms with E-state index in [1.54, 1.807) is 0 Å². The van der Waals surface area contributed by atoms with Crippen LogP contribution in [0.15, 0.2) is 78.9 Å². The van der Waals surface area contributed by atoms with Gasteiger partial charge in [-0.1, -0.05) is 130 Å². The molecule has 0 spiro atoms. The van der Waals surface area contributed by atoms with Gasteiger partial charge in [0, 0.05) is 21.7 Å². The number of ether oxygens (including phenoxy) is 1. The molecule has 0 heterocycles. The number of halogens is 1. The predicted octanol–water partition coefficient (Wildman–Crippen LogP) is 8.66. The van der Waals surface area contributed by atoms with Crippen LogP contribution in [-0.4, -0.2) is 5.97 Å². The molecule has 0 aliphatic heterocycles. The summed E-state index contributed by atoms with van der Waals surface area (Å²) in [5.41, 5.74) is 2.82. The fourth-order valence-electron chi connectivity index (χ4n) is 5.12. The maximum Gasteiger partial charge on any atom is 0.309 e. The van der Waals surface area contributed by atoms with Gasteiger partial charge < -0.3 is 4.74 Å². The molecule has 0 saturated heterocycles. The van der Waals surface area contributed by atoms with Crippen molar-refractivity contribution in [3.8, 4) is 0 Å². The molecule has 0 N–H and O–H groups in total. The molecule has 34 heavy (non-hydrogen) atoms. The lowest BCUT2D eigenvalue weighted by Gasteiger charge is -2.36. The van der Waals surface area contributed by atoms with Crippen LogP contribution in [0, 0.1) is 5.92 Å². The van der Waals surface area contributed by atoms with Crippen molar-refractivity contribution in [2.24, 2.45) is 5.92 Å². The summed E-state index contributed by atoms with van der Waals surface area (Å²) in [6, 6.07) is 26.4. The molecule has 4 rings (SSSR count). The van der Waals surface area contributed by atoms with Crippen LogP contribution in [-0.2, 0) is 15.1 Å². The normalized spacial score (nSPS) is 16.9. The molecule has 0 amide bonds. The minimum absolute atomic E-state index is 0.257. The first-order chi connectivity index (χ1) is 16.5. The van der Waals surface area contributed by atoms with Crippen molar-refractivity contribution in [2.75, 3.05) is 0 Å². The minimum Gasteiger partial charge on any atom is -0.444 e. The van der Waals surface area contributed by atoms with Crippen molar-refractivity contribution in [3.63, 3.8) is 0 Å². The van der Waals surface area contributed by atoms with Crippen LogP contribution < -0.4 is 0 Å². The highest BCUT2D eigenvalue weighted by molar-refractivity contribution is 6.31. The van der Waals surface area contributed by atoms with E-state index in [-0.39, 0.29) is 11.9 Å². The van der Waals surface area contributed by atoms with Crippen LogP contribution in [0.1, 0.15) is 87.0 Å². The van der Waals surface area contributed by atoms with Crippen LogP contribution in [0.2, 0.25) is 5.02 Å². The number of hydrogen-bond acceptors (Lipinski definition) is 2. The van der Waals surface area contributed by atoms with Crippen molar-refractivity contribution in [1.29, 1.82) is 0 Å². The highest BCUT2D eigenvalue weighted by Crippen LogP contribution is 2.44. The van der Waals surface area contributed by atoms with E-state index in [0.29, 0.717) is 10.9 Å². The summed E-state index contributed by atoms with van der Waals surface area (Å²) in [7, 11) is 0. The molecule has 1 aliphatic rings. The Morgan fingerprint density at radius 2 is 1.35 bits per heavy atom. The van der Waals surface area contributed by atoms with E-state index in [0.717, 1.165) is 16.7 Å². The molecular weight excluding hydrogens is 440 g/mol. The van der Waals surface area contributed by atoms with Crippen molar-refractivity contribution in [3.05, 3.63) is 106 Å². The van der Waals surface area contributed by atoms with E-state index in [9.17, 15) is 4.79 Å². The molecule has 1 unspecified atom stereocenters. The first-order valence-corrected chi connectivity index (χ1v) is 13.0. The molecule has 2 nitrogen and oxygen atoms in total. The Morgan fingerprint density at radius 1 is 0.794 bits per heavy atom.